The molecule has 0 N–H and O–H groups in total. The second-order valence-electron chi connectivity index (χ2n) is 21.2. The number of hydrogen-bond donors (Lipinski definition) is 0. The van der Waals surface area contributed by atoms with Crippen molar-refractivity contribution in [2.45, 2.75) is 41.9 Å². The zero-order chi connectivity index (χ0) is 48.5. The van der Waals surface area contributed by atoms with E-state index in [-0.39, 0.29) is 11.8 Å². The highest BCUT2D eigenvalue weighted by molar-refractivity contribution is 6.05. The van der Waals surface area contributed by atoms with Crippen molar-refractivity contribution in [2.24, 2.45) is 4.99 Å². The van der Waals surface area contributed by atoms with Gasteiger partial charge in [0, 0.05) is 17.9 Å². The van der Waals surface area contributed by atoms with Crippen LogP contribution in [-0.2, 0) is 23.7 Å². The summed E-state index contributed by atoms with van der Waals surface area (Å²) in [4.78, 5) is 5.57. The summed E-state index contributed by atoms with van der Waals surface area (Å²) in [5.74, 6) is 0.120. The normalized spacial score (nSPS) is 18.7. The van der Waals surface area contributed by atoms with Crippen LogP contribution in [0.2, 0.25) is 0 Å². The van der Waals surface area contributed by atoms with Gasteiger partial charge in [-0.2, -0.15) is 0 Å². The van der Waals surface area contributed by atoms with Gasteiger partial charge in [0.25, 0.3) is 0 Å². The topological polar surface area (TPSA) is 12.4 Å². The Morgan fingerprint density at radius 2 is 0.851 bits per heavy atom. The molecule has 2 spiro atoms. The van der Waals surface area contributed by atoms with E-state index >= 15 is 0 Å². The monoisotopic (exact) mass is 939 g/mol. The van der Waals surface area contributed by atoms with Crippen LogP contribution < -0.4 is 0 Å². The number of rotatable bonds is 2. The van der Waals surface area contributed by atoms with Crippen molar-refractivity contribution >= 4 is 17.0 Å². The number of allylic oxidation sites excluding steroid dienone is 2. The molecule has 1 nitrogen and oxygen atoms in total. The molecule has 0 amide bonds. The maximum atomic E-state index is 5.57. The van der Waals surface area contributed by atoms with Crippen LogP contribution >= 0.6 is 0 Å². The van der Waals surface area contributed by atoms with Crippen LogP contribution in [0.4, 0.5) is 0 Å². The molecule has 0 saturated heterocycles. The molecule has 0 aromatic heterocycles. The van der Waals surface area contributed by atoms with Crippen LogP contribution in [0.15, 0.2) is 259 Å². The average Bonchev–Trinajstić information content (AvgIpc) is 4.04. The molecule has 1 heterocycles. The number of fused-ring (bicyclic) bond motifs is 25. The summed E-state index contributed by atoms with van der Waals surface area (Å²) in [5.41, 5.74) is 34.1. The fourth-order valence-electron chi connectivity index (χ4n) is 14.8. The third-order valence-corrected chi connectivity index (χ3v) is 17.7. The molecule has 5 aliphatic carbocycles. The van der Waals surface area contributed by atoms with Crippen LogP contribution in [-0.4, -0.2) is 5.71 Å². The first-order valence-electron chi connectivity index (χ1n) is 26.4. The molecule has 10 aromatic carbocycles. The molecular formula is C73H49N. The minimum absolute atomic E-state index is 0.0934. The molecule has 0 fully saturated rings. The second kappa shape index (κ2) is 15.8. The smallest absolute Gasteiger partial charge is 0.0720 e. The zero-order valence-corrected chi connectivity index (χ0v) is 40.9. The van der Waals surface area contributed by atoms with Crippen LogP contribution in [0.25, 0.3) is 44.7 Å². The maximum Gasteiger partial charge on any atom is 0.0720 e. The maximum absolute atomic E-state index is 5.57. The molecule has 6 aliphatic rings. The van der Waals surface area contributed by atoms with E-state index in [2.05, 4.69) is 254 Å². The van der Waals surface area contributed by atoms with Crippen molar-refractivity contribution < 1.29 is 0 Å². The molecule has 2 atom stereocenters. The molecule has 2 unspecified atom stereocenters. The Labute approximate surface area is 432 Å². The minimum atomic E-state index is -0.559. The summed E-state index contributed by atoms with van der Waals surface area (Å²) in [6, 6.07) is 90.2. The Kier molecular flexibility index (Phi) is 8.91. The predicted molar refractivity (Wildman–Crippen MR) is 303 cm³/mol. The molecule has 1 aliphatic heterocycles. The molecule has 346 valence electrons. The molecule has 0 saturated carbocycles. The quantitative estimate of drug-likeness (QED) is 0.153. The van der Waals surface area contributed by atoms with Crippen LogP contribution in [0, 0.1) is 0 Å². The number of benzene rings is 10. The second-order valence-corrected chi connectivity index (χ2v) is 21.2. The first-order valence-corrected chi connectivity index (χ1v) is 26.4. The third-order valence-electron chi connectivity index (χ3n) is 17.7. The lowest BCUT2D eigenvalue weighted by molar-refractivity contribution is 0.629. The highest BCUT2D eigenvalue weighted by Gasteiger charge is 2.59. The Hall–Kier alpha value is -8.87. The summed E-state index contributed by atoms with van der Waals surface area (Å²) in [7, 11) is 0. The summed E-state index contributed by atoms with van der Waals surface area (Å²) in [6.07, 6.45) is 7.18. The van der Waals surface area contributed by atoms with Gasteiger partial charge in [0.2, 0.25) is 0 Å². The standard InChI is InChI=1S/C73H49N/c1-3-20-46(21-4-1)70-37-19-30-55-54-25-8-7-24-52(54)50-41-49-40-48(61(55)45-71(74-70)47-22-5-2-6-23-47)38-39-53(49)60-44-69-68(43-51(60)42-50)72(62-31-13-9-26-56(62)57-27-10-14-32-63(57)72)66-35-17-18-36-67(66)73(69)64-33-15-11-28-58(64)59-29-12-16-34-65(59)73/h1-29,31-36,38-40,43-45,50,61H,37,41-42H2/b71-45-,74-70?. The van der Waals surface area contributed by atoms with Crippen molar-refractivity contribution in [2.75, 3.05) is 0 Å². The molecule has 1 heteroatoms. The summed E-state index contributed by atoms with van der Waals surface area (Å²) < 4.78 is 0. The largest absolute Gasteiger partial charge is 0.252 e. The van der Waals surface area contributed by atoms with Crippen molar-refractivity contribution in [1.82, 2.24) is 0 Å². The fraction of sp³-hybridized carbons (Fsp3) is 0.0959. The van der Waals surface area contributed by atoms with Crippen LogP contribution in [0.3, 0.4) is 0 Å². The van der Waals surface area contributed by atoms with Gasteiger partial charge < -0.3 is 0 Å². The average molecular weight is 940 g/mol. The van der Waals surface area contributed by atoms with Crippen molar-refractivity contribution in [3.8, 4) is 33.4 Å². The Morgan fingerprint density at radius 1 is 0.378 bits per heavy atom. The van der Waals surface area contributed by atoms with E-state index in [1.807, 2.05) is 0 Å². The van der Waals surface area contributed by atoms with Crippen LogP contribution in [0.5, 0.6) is 0 Å². The summed E-state index contributed by atoms with van der Waals surface area (Å²) in [5, 5.41) is 0. The van der Waals surface area contributed by atoms with E-state index < -0.39 is 10.8 Å². The minimum Gasteiger partial charge on any atom is -0.252 e. The van der Waals surface area contributed by atoms with Gasteiger partial charge in [0.1, 0.15) is 0 Å². The summed E-state index contributed by atoms with van der Waals surface area (Å²) in [6.45, 7) is 0. The van der Waals surface area contributed by atoms with Crippen LogP contribution in [0.1, 0.15) is 102 Å². The number of hydrogen-bond acceptors (Lipinski definition) is 1. The molecule has 0 radical (unpaired) electrons. The highest BCUT2D eigenvalue weighted by Crippen LogP contribution is 2.68. The first kappa shape index (κ1) is 41.7. The van der Waals surface area contributed by atoms with E-state index in [4.69, 9.17) is 4.99 Å². The van der Waals surface area contributed by atoms with E-state index in [1.54, 1.807) is 0 Å². The van der Waals surface area contributed by atoms with Gasteiger partial charge >= 0.3 is 0 Å². The van der Waals surface area contributed by atoms with Gasteiger partial charge in [0.05, 0.1) is 22.2 Å². The van der Waals surface area contributed by atoms with Crippen molar-refractivity contribution in [3.05, 3.63) is 338 Å². The molecule has 3 bridgehead atoms. The lowest BCUT2D eigenvalue weighted by Crippen LogP contribution is -2.44. The van der Waals surface area contributed by atoms with E-state index in [0.29, 0.717) is 6.42 Å². The Balaban J connectivity index is 1.00. The SMILES string of the molecule is C1=CCC(c2ccccc2)=N/C(c2ccccc2)=C\C2C=1c1ccccc1C1Cc3cc2ccc3-c2cc3c(cc2C1)C1(c2ccccc2-c2ccccc21)c1ccccc1C31c2ccccc2-c2ccccc21. The van der Waals surface area contributed by atoms with Gasteiger partial charge in [-0.3, -0.25) is 4.99 Å². The lowest BCUT2D eigenvalue weighted by Gasteiger charge is -2.49. The first-order chi connectivity index (χ1) is 36.7. The third kappa shape index (κ3) is 5.63. The van der Waals surface area contributed by atoms with Gasteiger partial charge in [-0.05, 0) is 154 Å². The summed E-state index contributed by atoms with van der Waals surface area (Å²) >= 11 is 0. The van der Waals surface area contributed by atoms with E-state index in [0.717, 1.165) is 35.4 Å². The van der Waals surface area contributed by atoms with E-state index in [1.165, 1.54) is 111 Å². The predicted octanol–water partition coefficient (Wildman–Crippen LogP) is 16.8. The zero-order valence-electron chi connectivity index (χ0n) is 40.9. The molecular weight excluding hydrogens is 891 g/mol. The van der Waals surface area contributed by atoms with Gasteiger partial charge in [-0.1, -0.05) is 231 Å². The van der Waals surface area contributed by atoms with Crippen molar-refractivity contribution in [3.63, 3.8) is 0 Å². The molecule has 16 rings (SSSR count). The van der Waals surface area contributed by atoms with Gasteiger partial charge in [-0.15, -0.1) is 5.73 Å². The highest BCUT2D eigenvalue weighted by atomic mass is 14.8. The molecule has 74 heavy (non-hydrogen) atoms. The van der Waals surface area contributed by atoms with Crippen molar-refractivity contribution in [1.29, 1.82) is 0 Å². The van der Waals surface area contributed by atoms with Gasteiger partial charge in [-0.25, -0.2) is 0 Å². The van der Waals surface area contributed by atoms with E-state index in [9.17, 15) is 0 Å². The molecule has 10 aromatic rings. The number of aliphatic imine (C=N–C) groups is 1. The number of nitrogens with zero attached hydrogens (tertiary/aromatic N) is 1. The Morgan fingerprint density at radius 3 is 1.43 bits per heavy atom. The lowest BCUT2D eigenvalue weighted by atomic mass is 9.52. The van der Waals surface area contributed by atoms with Gasteiger partial charge in [0.15, 0.2) is 0 Å². The Bertz CT molecular complexity index is 4070. The fourth-order valence-corrected chi connectivity index (χ4v) is 14.8.